The van der Waals surface area contributed by atoms with Gasteiger partial charge < -0.3 is 15.4 Å². The van der Waals surface area contributed by atoms with E-state index in [0.29, 0.717) is 26.2 Å². The van der Waals surface area contributed by atoms with Crippen LogP contribution in [0.3, 0.4) is 0 Å². The first-order valence-corrected chi connectivity index (χ1v) is 6.45. The zero-order valence-corrected chi connectivity index (χ0v) is 10.5. The van der Waals surface area contributed by atoms with Crippen molar-refractivity contribution in [3.8, 4) is 0 Å². The minimum atomic E-state index is -0.264. The molecular weight excluding hydrogens is 228 g/mol. The van der Waals surface area contributed by atoms with Gasteiger partial charge in [-0.25, -0.2) is 0 Å². The van der Waals surface area contributed by atoms with Gasteiger partial charge in [-0.1, -0.05) is 30.3 Å². The van der Waals surface area contributed by atoms with Gasteiger partial charge in [0.2, 0.25) is 0 Å². The predicted octanol–water partition coefficient (Wildman–Crippen LogP) is 1.15. The SMILES string of the molecule is NCCN(Cc1ccccc1)C(=O)C1CCCO1. The Morgan fingerprint density at radius 1 is 1.39 bits per heavy atom. The summed E-state index contributed by atoms with van der Waals surface area (Å²) in [5, 5.41) is 0. The molecule has 0 spiro atoms. The summed E-state index contributed by atoms with van der Waals surface area (Å²) in [7, 11) is 0. The molecule has 18 heavy (non-hydrogen) atoms. The predicted molar refractivity (Wildman–Crippen MR) is 69.9 cm³/mol. The van der Waals surface area contributed by atoms with E-state index in [0.717, 1.165) is 18.4 Å². The van der Waals surface area contributed by atoms with E-state index in [-0.39, 0.29) is 12.0 Å². The molecule has 2 rings (SSSR count). The van der Waals surface area contributed by atoms with Gasteiger partial charge in [-0.15, -0.1) is 0 Å². The lowest BCUT2D eigenvalue weighted by molar-refractivity contribution is -0.141. The fraction of sp³-hybridized carbons (Fsp3) is 0.500. The van der Waals surface area contributed by atoms with Crippen LogP contribution in [0.2, 0.25) is 0 Å². The maximum Gasteiger partial charge on any atom is 0.252 e. The van der Waals surface area contributed by atoms with Crippen LogP contribution in [0.15, 0.2) is 30.3 Å². The van der Waals surface area contributed by atoms with Crippen LogP contribution in [0, 0.1) is 0 Å². The van der Waals surface area contributed by atoms with Crippen LogP contribution in [0.5, 0.6) is 0 Å². The molecular formula is C14H20N2O2. The van der Waals surface area contributed by atoms with E-state index in [2.05, 4.69) is 0 Å². The summed E-state index contributed by atoms with van der Waals surface area (Å²) in [6.07, 6.45) is 1.53. The summed E-state index contributed by atoms with van der Waals surface area (Å²) < 4.78 is 5.45. The topological polar surface area (TPSA) is 55.6 Å². The highest BCUT2D eigenvalue weighted by molar-refractivity contribution is 5.81. The van der Waals surface area contributed by atoms with Gasteiger partial charge in [0.1, 0.15) is 6.10 Å². The van der Waals surface area contributed by atoms with Gasteiger partial charge in [0, 0.05) is 26.2 Å². The third kappa shape index (κ3) is 3.31. The number of hydrogen-bond acceptors (Lipinski definition) is 3. The van der Waals surface area contributed by atoms with Gasteiger partial charge in [0.05, 0.1) is 0 Å². The molecule has 1 unspecified atom stereocenters. The van der Waals surface area contributed by atoms with E-state index in [4.69, 9.17) is 10.5 Å². The lowest BCUT2D eigenvalue weighted by Crippen LogP contribution is -2.41. The first-order valence-electron chi connectivity index (χ1n) is 6.45. The molecule has 1 aliphatic heterocycles. The molecule has 98 valence electrons. The van der Waals surface area contributed by atoms with E-state index in [1.54, 1.807) is 4.90 Å². The second kappa shape index (κ2) is 6.52. The summed E-state index contributed by atoms with van der Waals surface area (Å²) in [5.74, 6) is 0.0711. The zero-order valence-electron chi connectivity index (χ0n) is 10.5. The molecule has 1 saturated heterocycles. The van der Waals surface area contributed by atoms with Crippen LogP contribution in [0.25, 0.3) is 0 Å². The highest BCUT2D eigenvalue weighted by Gasteiger charge is 2.27. The molecule has 4 nitrogen and oxygen atoms in total. The number of hydrogen-bond donors (Lipinski definition) is 1. The maximum atomic E-state index is 12.3. The van der Waals surface area contributed by atoms with Gasteiger partial charge in [0.15, 0.2) is 0 Å². The standard InChI is InChI=1S/C14H20N2O2/c15-8-9-16(11-12-5-2-1-3-6-12)14(17)13-7-4-10-18-13/h1-3,5-6,13H,4,7-11,15H2. The average molecular weight is 248 g/mol. The number of benzene rings is 1. The molecule has 0 aliphatic carbocycles. The number of nitrogens with zero attached hydrogens (tertiary/aromatic N) is 1. The molecule has 4 heteroatoms. The molecule has 0 radical (unpaired) electrons. The second-order valence-electron chi connectivity index (χ2n) is 4.54. The molecule has 1 heterocycles. The fourth-order valence-electron chi connectivity index (χ4n) is 2.20. The molecule has 1 aromatic carbocycles. The average Bonchev–Trinajstić information content (AvgIpc) is 2.92. The minimum absolute atomic E-state index is 0.0711. The molecule has 2 N–H and O–H groups in total. The Labute approximate surface area is 108 Å². The second-order valence-corrected chi connectivity index (χ2v) is 4.54. The van der Waals surface area contributed by atoms with Crippen molar-refractivity contribution in [2.75, 3.05) is 19.7 Å². The Balaban J connectivity index is 2.00. The van der Waals surface area contributed by atoms with E-state index in [9.17, 15) is 4.79 Å². The molecule has 0 aromatic heterocycles. The first kappa shape index (κ1) is 13.1. The van der Waals surface area contributed by atoms with Crippen molar-refractivity contribution >= 4 is 5.91 Å². The largest absolute Gasteiger partial charge is 0.368 e. The maximum absolute atomic E-state index is 12.3. The first-order chi connectivity index (χ1) is 8.81. The highest BCUT2D eigenvalue weighted by atomic mass is 16.5. The van der Waals surface area contributed by atoms with E-state index < -0.39 is 0 Å². The monoisotopic (exact) mass is 248 g/mol. The fourth-order valence-corrected chi connectivity index (χ4v) is 2.20. The van der Waals surface area contributed by atoms with Crippen LogP contribution in [0.4, 0.5) is 0 Å². The van der Waals surface area contributed by atoms with Crippen LogP contribution in [0.1, 0.15) is 18.4 Å². The molecule has 1 amide bonds. The smallest absolute Gasteiger partial charge is 0.252 e. The Morgan fingerprint density at radius 3 is 2.78 bits per heavy atom. The van der Waals surface area contributed by atoms with Crippen molar-refractivity contribution in [1.82, 2.24) is 4.90 Å². The summed E-state index contributed by atoms with van der Waals surface area (Å²) in [6.45, 7) is 2.35. The Hall–Kier alpha value is -1.39. The van der Waals surface area contributed by atoms with E-state index in [1.165, 1.54) is 0 Å². The van der Waals surface area contributed by atoms with Crippen LogP contribution >= 0.6 is 0 Å². The lowest BCUT2D eigenvalue weighted by atomic mass is 10.1. The quantitative estimate of drug-likeness (QED) is 0.850. The van der Waals surface area contributed by atoms with Crippen molar-refractivity contribution in [2.45, 2.75) is 25.5 Å². The normalized spacial score (nSPS) is 18.8. The van der Waals surface area contributed by atoms with Crippen molar-refractivity contribution < 1.29 is 9.53 Å². The Kier molecular flexibility index (Phi) is 4.73. The van der Waals surface area contributed by atoms with Gasteiger partial charge in [-0.3, -0.25) is 4.79 Å². The Bertz CT molecular complexity index is 375. The van der Waals surface area contributed by atoms with Crippen LogP contribution < -0.4 is 5.73 Å². The summed E-state index contributed by atoms with van der Waals surface area (Å²) in [6, 6.07) is 9.97. The van der Waals surface area contributed by atoms with Crippen molar-refractivity contribution in [3.63, 3.8) is 0 Å². The lowest BCUT2D eigenvalue weighted by Gasteiger charge is -2.24. The molecule has 1 atom stereocenters. The van der Waals surface area contributed by atoms with Crippen molar-refractivity contribution in [1.29, 1.82) is 0 Å². The number of ether oxygens (including phenoxy) is 1. The number of carbonyl (C=O) groups is 1. The van der Waals surface area contributed by atoms with E-state index in [1.807, 2.05) is 30.3 Å². The summed E-state index contributed by atoms with van der Waals surface area (Å²) >= 11 is 0. The highest BCUT2D eigenvalue weighted by Crippen LogP contribution is 2.16. The molecule has 1 fully saturated rings. The van der Waals surface area contributed by atoms with Crippen molar-refractivity contribution in [3.05, 3.63) is 35.9 Å². The molecule has 1 aliphatic rings. The van der Waals surface area contributed by atoms with Gasteiger partial charge >= 0.3 is 0 Å². The van der Waals surface area contributed by atoms with Crippen LogP contribution in [-0.4, -0.2) is 36.6 Å². The number of amides is 1. The third-order valence-electron chi connectivity index (χ3n) is 3.13. The number of nitrogens with two attached hydrogens (primary N) is 1. The van der Waals surface area contributed by atoms with Crippen molar-refractivity contribution in [2.24, 2.45) is 5.73 Å². The minimum Gasteiger partial charge on any atom is -0.368 e. The van der Waals surface area contributed by atoms with Crippen LogP contribution in [-0.2, 0) is 16.1 Å². The molecule has 0 bridgehead atoms. The molecule has 1 aromatic rings. The van der Waals surface area contributed by atoms with Gasteiger partial charge in [-0.05, 0) is 18.4 Å². The van der Waals surface area contributed by atoms with E-state index >= 15 is 0 Å². The molecule has 0 saturated carbocycles. The summed E-state index contributed by atoms with van der Waals surface area (Å²) in [5.41, 5.74) is 6.71. The third-order valence-corrected chi connectivity index (χ3v) is 3.13. The van der Waals surface area contributed by atoms with Gasteiger partial charge in [0.25, 0.3) is 5.91 Å². The summed E-state index contributed by atoms with van der Waals surface area (Å²) in [4.78, 5) is 14.1. The zero-order chi connectivity index (χ0) is 12.8. The van der Waals surface area contributed by atoms with Gasteiger partial charge in [-0.2, -0.15) is 0 Å². The number of rotatable bonds is 5. The number of carbonyl (C=O) groups excluding carboxylic acids is 1. The Morgan fingerprint density at radius 2 is 2.17 bits per heavy atom.